The maximum atomic E-state index is 13.1. The molecule has 3 amide bonds. The van der Waals surface area contributed by atoms with Crippen molar-refractivity contribution in [1.29, 1.82) is 0 Å². The first kappa shape index (κ1) is 85.1. The second-order valence-electron chi connectivity index (χ2n) is 20.3. The highest BCUT2D eigenvalue weighted by Gasteiger charge is 2.39. The smallest absolute Gasteiger partial charge is 0.475 e. The number of carboxylic acid groups (broad SMARTS) is 3. The Balaban J connectivity index is 0.00000176. The predicted octanol–water partition coefficient (Wildman–Crippen LogP) is 9.29. The third kappa shape index (κ3) is 36.5. The number of carbonyl (C=O) groups is 6. The molecule has 18 nitrogen and oxygen atoms in total. The van der Waals surface area contributed by atoms with Gasteiger partial charge in [0, 0.05) is 111 Å². The van der Waals surface area contributed by atoms with Gasteiger partial charge in [-0.3, -0.25) is 14.4 Å². The number of alkyl halides is 15. The van der Waals surface area contributed by atoms with Gasteiger partial charge in [0.15, 0.2) is 0 Å². The molecule has 4 aromatic carbocycles. The molecule has 4 rings (SSSR count). The van der Waals surface area contributed by atoms with Crippen molar-refractivity contribution in [3.05, 3.63) is 124 Å². The van der Waals surface area contributed by atoms with E-state index in [-0.39, 0.29) is 17.7 Å². The molecule has 0 heterocycles. The van der Waals surface area contributed by atoms with Crippen molar-refractivity contribution in [2.75, 3.05) is 109 Å². The number of halogens is 15. The van der Waals surface area contributed by atoms with Crippen LogP contribution in [0, 0.1) is 0 Å². The van der Waals surface area contributed by atoms with Crippen LogP contribution in [0.25, 0.3) is 0 Å². The second-order valence-corrected chi connectivity index (χ2v) is 22.5. The maximum Gasteiger partial charge on any atom is 0.490 e. The predicted molar refractivity (Wildman–Crippen MR) is 347 cm³/mol. The summed E-state index contributed by atoms with van der Waals surface area (Å²) in [5, 5.41) is 30.5. The molecule has 0 fully saturated rings. The number of hydrogen-bond donors (Lipinski definition) is 9. The molecular weight excluding hydrogens is 1370 g/mol. The lowest BCUT2D eigenvalue weighted by Gasteiger charge is -2.23. The molecule has 33 heteroatoms. The number of nitrogens with two attached hydrogens (primary N) is 3. The van der Waals surface area contributed by atoms with Gasteiger partial charge >= 0.3 is 36.4 Å². The largest absolute Gasteiger partial charge is 0.490 e. The molecule has 0 saturated heterocycles. The van der Waals surface area contributed by atoms with E-state index in [1.165, 1.54) is 0 Å². The molecule has 0 aliphatic carbocycles. The molecule has 12 N–H and O–H groups in total. The van der Waals surface area contributed by atoms with E-state index in [1.807, 2.05) is 72.8 Å². The van der Waals surface area contributed by atoms with Gasteiger partial charge in [-0.1, -0.05) is 54.6 Å². The van der Waals surface area contributed by atoms with Crippen LogP contribution >= 0.6 is 69.6 Å². The van der Waals surface area contributed by atoms with Crippen LogP contribution in [0.1, 0.15) is 52.6 Å². The number of carbonyl (C=O) groups excluding carboxylic acids is 3. The number of aryl methyl sites for hydroxylation is 3. The molecule has 0 aliphatic rings. The first-order valence-electron chi connectivity index (χ1n) is 28.7. The highest BCUT2D eigenvalue weighted by atomic mass is 35.5. The fraction of sp³-hybridized carbons (Fsp3) is 0.500. The number of benzene rings is 4. The second kappa shape index (κ2) is 45.5. The third-order valence-corrected chi connectivity index (χ3v) is 14.1. The summed E-state index contributed by atoms with van der Waals surface area (Å²) >= 11 is 35.9. The Kier molecular flexibility index (Phi) is 41.6. The number of anilines is 3. The molecule has 0 aliphatic heterocycles. The van der Waals surface area contributed by atoms with Crippen molar-refractivity contribution in [2.45, 2.75) is 94.4 Å². The van der Waals surface area contributed by atoms with Crippen LogP contribution in [0.2, 0.25) is 0 Å². The van der Waals surface area contributed by atoms with Gasteiger partial charge < -0.3 is 63.2 Å². The fourth-order valence-corrected chi connectivity index (χ4v) is 9.69. The zero-order valence-electron chi connectivity index (χ0n) is 50.4. The summed E-state index contributed by atoms with van der Waals surface area (Å²) in [5.41, 5.74) is 28.5. The summed E-state index contributed by atoms with van der Waals surface area (Å²) < 4.78 is 95.2. The lowest BCUT2D eigenvalue weighted by atomic mass is 9.97. The van der Waals surface area contributed by atoms with Crippen molar-refractivity contribution >= 4 is 122 Å². The van der Waals surface area contributed by atoms with Crippen molar-refractivity contribution in [3.8, 4) is 0 Å². The molecule has 0 radical (unpaired) electrons. The van der Waals surface area contributed by atoms with Crippen LogP contribution in [-0.4, -0.2) is 182 Å². The minimum absolute atomic E-state index is 0.196. The normalized spacial score (nSPS) is 12.2. The van der Waals surface area contributed by atoms with Crippen LogP contribution in [-0.2, 0) is 67.3 Å². The topological polar surface area (TPSA) is 287 Å². The number of nitrogens with one attached hydrogen (secondary N) is 3. The highest BCUT2D eigenvalue weighted by Crippen LogP contribution is 2.22. The molecule has 3 unspecified atom stereocenters. The van der Waals surface area contributed by atoms with E-state index >= 15 is 0 Å². The van der Waals surface area contributed by atoms with Crippen molar-refractivity contribution < 1.29 is 83.6 Å². The number of hydrogen-bond acceptors (Lipinski definition) is 12. The minimum Gasteiger partial charge on any atom is -0.475 e. The summed E-state index contributed by atoms with van der Waals surface area (Å²) in [6, 6.07) is 28.5. The molecule has 0 bridgehead atoms. The van der Waals surface area contributed by atoms with E-state index in [0.29, 0.717) is 113 Å². The van der Waals surface area contributed by atoms with Crippen LogP contribution in [0.4, 0.5) is 56.6 Å². The van der Waals surface area contributed by atoms with E-state index < -0.39 is 54.6 Å². The number of aliphatic carboxylic acids is 3. The Morgan fingerprint density at radius 3 is 0.710 bits per heavy atom. The van der Waals surface area contributed by atoms with Gasteiger partial charge in [-0.15, -0.1) is 69.6 Å². The first-order chi connectivity index (χ1) is 43.7. The molecule has 0 spiro atoms. The van der Waals surface area contributed by atoms with Crippen molar-refractivity contribution in [3.63, 3.8) is 0 Å². The summed E-state index contributed by atoms with van der Waals surface area (Å²) in [5.74, 6) is -5.86. The minimum atomic E-state index is -5.08. The van der Waals surface area contributed by atoms with Crippen molar-refractivity contribution in [1.82, 2.24) is 16.0 Å². The van der Waals surface area contributed by atoms with E-state index in [1.54, 1.807) is 0 Å². The van der Waals surface area contributed by atoms with Gasteiger partial charge in [0.25, 0.3) is 0 Å². The van der Waals surface area contributed by atoms with E-state index in [9.17, 15) is 53.9 Å². The summed E-state index contributed by atoms with van der Waals surface area (Å²) in [7, 11) is 0. The lowest BCUT2D eigenvalue weighted by molar-refractivity contribution is -0.193. The average molecular weight is 1450 g/mol. The number of carboxylic acids is 3. The van der Waals surface area contributed by atoms with Gasteiger partial charge in [0.1, 0.15) is 0 Å². The number of amides is 3. The lowest BCUT2D eigenvalue weighted by Crippen LogP contribution is -2.42. The van der Waals surface area contributed by atoms with E-state index in [2.05, 4.69) is 48.8 Å². The standard InChI is InChI=1S/C54H75Cl6N9O3.3C2HF3O2/c55-19-28-67(29-20-56)46-13-7-40(8-14-46)37-49(61)52(70)64-25-1-4-43-34-44(5-2-26-65-53(71)50(62)38-41-9-15-47(16-10-41)68(30-21-57)31-22-58)36-45(35-43)6-3-27-66-54(72)51(63)39-42-11-17-48(18-12-42)69(32-23-59)33-24-60;3*3-2(4,5)1(6)7/h7-18,34-36,49-51H,1-6,19-33,37-39,61-63H2,(H,64,70)(H,65,71)(H,66,72);3*(H,6,7). The Bertz CT molecular complexity index is 2510. The SMILES string of the molecule is NC(Cc1ccc(N(CCCl)CCCl)cc1)C(=O)NCCCc1cc(CCCNC(=O)C(N)Cc2ccc(N(CCCl)CCCl)cc2)cc(CCCNC(=O)C(N)Cc2ccc(N(CCCl)CCCl)cc2)c1.O=C(O)C(F)(F)F.O=C(O)C(F)(F)F.O=C(O)C(F)(F)F. The Labute approximate surface area is 563 Å². The molecule has 0 saturated carbocycles. The molecule has 93 heavy (non-hydrogen) atoms. The first-order valence-corrected chi connectivity index (χ1v) is 31.9. The average Bonchev–Trinajstić information content (AvgIpc) is 1.18. The fourth-order valence-electron chi connectivity index (χ4n) is 8.47. The maximum absolute atomic E-state index is 13.1. The quantitative estimate of drug-likeness (QED) is 0.0116. The van der Waals surface area contributed by atoms with Crippen LogP contribution in [0.15, 0.2) is 91.0 Å². The molecule has 0 aromatic heterocycles. The number of nitrogens with zero attached hydrogens (tertiary/aromatic N) is 3. The van der Waals surface area contributed by atoms with Gasteiger partial charge in [-0.25, -0.2) is 14.4 Å². The zero-order valence-corrected chi connectivity index (χ0v) is 54.9. The Morgan fingerprint density at radius 2 is 0.548 bits per heavy atom. The van der Waals surface area contributed by atoms with Gasteiger partial charge in [0.05, 0.1) is 18.1 Å². The molecular formula is C60H78Cl6F9N9O9. The monoisotopic (exact) mass is 1450 g/mol. The third-order valence-electron chi connectivity index (χ3n) is 13.1. The Hall–Kier alpha value is -5.91. The highest BCUT2D eigenvalue weighted by molar-refractivity contribution is 6.19. The molecule has 4 aromatic rings. The molecule has 522 valence electrons. The van der Waals surface area contributed by atoms with E-state index in [0.717, 1.165) is 89.0 Å². The van der Waals surface area contributed by atoms with Crippen LogP contribution in [0.5, 0.6) is 0 Å². The van der Waals surface area contributed by atoms with Crippen LogP contribution < -0.4 is 47.9 Å². The zero-order chi connectivity index (χ0) is 70.3. The Morgan fingerprint density at radius 1 is 0.366 bits per heavy atom. The van der Waals surface area contributed by atoms with Gasteiger partial charge in [-0.2, -0.15) is 39.5 Å². The van der Waals surface area contributed by atoms with Crippen molar-refractivity contribution in [2.24, 2.45) is 17.2 Å². The summed E-state index contributed by atoms with van der Waals surface area (Å²) in [6.45, 7) is 5.60. The molecule has 3 atom stereocenters. The van der Waals surface area contributed by atoms with Gasteiger partial charge in [-0.05, 0) is 128 Å². The summed E-state index contributed by atoms with van der Waals surface area (Å²) in [6.07, 6.45) is -9.61. The summed E-state index contributed by atoms with van der Waals surface area (Å²) in [4.78, 5) is 72.2. The number of rotatable bonds is 36. The van der Waals surface area contributed by atoms with E-state index in [4.69, 9.17) is 117 Å². The van der Waals surface area contributed by atoms with Gasteiger partial charge in [0.2, 0.25) is 17.7 Å². The van der Waals surface area contributed by atoms with Crippen LogP contribution in [0.3, 0.4) is 0 Å².